The number of para-hydroxylation sites is 3. The first-order valence-electron chi connectivity index (χ1n) is 17.8. The standard InChI is InChI=1S/C50H33NO/c1-3-19-40-34(13-1)15-10-23-42(40)36-29-31-38(32-30-36)51(39-18-9-17-37(33-39)43-24-11-16-35-14-2-4-20-41(35)43)48-27-7-5-21-44(48)46-25-12-26-47-45-22-6-8-28-49(45)52-50(46)47/h1-33H. The third-order valence-electron chi connectivity index (χ3n) is 10.3. The van der Waals surface area contributed by atoms with Gasteiger partial charge in [-0.15, -0.1) is 0 Å². The molecule has 2 heteroatoms. The van der Waals surface area contributed by atoms with Crippen LogP contribution in [-0.4, -0.2) is 0 Å². The molecule has 1 heterocycles. The van der Waals surface area contributed by atoms with Crippen LogP contribution < -0.4 is 4.90 Å². The minimum Gasteiger partial charge on any atom is -0.455 e. The predicted octanol–water partition coefficient (Wildman–Crippen LogP) is 14.4. The van der Waals surface area contributed by atoms with E-state index in [-0.39, 0.29) is 0 Å². The Morgan fingerprint density at radius 2 is 0.865 bits per heavy atom. The normalized spacial score (nSPS) is 11.5. The van der Waals surface area contributed by atoms with Crippen molar-refractivity contribution in [2.75, 3.05) is 4.90 Å². The highest BCUT2D eigenvalue weighted by molar-refractivity contribution is 6.11. The SMILES string of the molecule is c1cc(-c2cccc3ccccc23)cc(N(c2ccc(-c3cccc4ccccc34)cc2)c2ccccc2-c2cccc3c2oc2ccccc23)c1. The second kappa shape index (κ2) is 12.5. The van der Waals surface area contributed by atoms with Crippen LogP contribution in [0.5, 0.6) is 0 Å². The van der Waals surface area contributed by atoms with Crippen molar-refractivity contribution in [3.05, 3.63) is 200 Å². The Balaban J connectivity index is 1.18. The Labute approximate surface area is 302 Å². The smallest absolute Gasteiger partial charge is 0.143 e. The van der Waals surface area contributed by atoms with Gasteiger partial charge < -0.3 is 9.32 Å². The summed E-state index contributed by atoms with van der Waals surface area (Å²) in [6.07, 6.45) is 0. The molecule has 0 unspecified atom stereocenters. The molecule has 2 nitrogen and oxygen atoms in total. The Kier molecular flexibility index (Phi) is 7.18. The molecule has 0 radical (unpaired) electrons. The van der Waals surface area contributed by atoms with E-state index >= 15 is 0 Å². The van der Waals surface area contributed by atoms with Crippen molar-refractivity contribution < 1.29 is 4.42 Å². The van der Waals surface area contributed by atoms with Crippen LogP contribution in [0.4, 0.5) is 17.1 Å². The number of furan rings is 1. The molecular weight excluding hydrogens is 631 g/mol. The molecule has 1 aromatic heterocycles. The highest BCUT2D eigenvalue weighted by atomic mass is 16.3. The van der Waals surface area contributed by atoms with Crippen molar-refractivity contribution in [2.24, 2.45) is 0 Å². The molecule has 0 fully saturated rings. The first-order chi connectivity index (χ1) is 25.8. The predicted molar refractivity (Wildman–Crippen MR) is 220 cm³/mol. The van der Waals surface area contributed by atoms with Crippen molar-refractivity contribution in [1.29, 1.82) is 0 Å². The van der Waals surface area contributed by atoms with Gasteiger partial charge in [-0.3, -0.25) is 0 Å². The van der Waals surface area contributed by atoms with Gasteiger partial charge in [-0.1, -0.05) is 164 Å². The monoisotopic (exact) mass is 663 g/mol. The lowest BCUT2D eigenvalue weighted by molar-refractivity contribution is 0.670. The molecule has 0 atom stereocenters. The van der Waals surface area contributed by atoms with E-state index in [4.69, 9.17) is 4.42 Å². The second-order valence-electron chi connectivity index (χ2n) is 13.3. The molecule has 0 aliphatic heterocycles. The van der Waals surface area contributed by atoms with Crippen molar-refractivity contribution in [2.45, 2.75) is 0 Å². The molecule has 0 aliphatic rings. The minimum absolute atomic E-state index is 0.895. The lowest BCUT2D eigenvalue weighted by atomic mass is 9.96. The quantitative estimate of drug-likeness (QED) is 0.176. The van der Waals surface area contributed by atoms with E-state index in [0.717, 1.165) is 50.1 Å². The molecule has 0 saturated carbocycles. The molecule has 0 bridgehead atoms. The summed E-state index contributed by atoms with van der Waals surface area (Å²) in [7, 11) is 0. The highest BCUT2D eigenvalue weighted by Crippen LogP contribution is 2.45. The highest BCUT2D eigenvalue weighted by Gasteiger charge is 2.21. The third-order valence-corrected chi connectivity index (χ3v) is 10.3. The summed E-state index contributed by atoms with van der Waals surface area (Å²) in [6.45, 7) is 0. The Morgan fingerprint density at radius 1 is 0.327 bits per heavy atom. The minimum atomic E-state index is 0.895. The summed E-state index contributed by atoms with van der Waals surface area (Å²) in [5.74, 6) is 0. The largest absolute Gasteiger partial charge is 0.455 e. The average molecular weight is 664 g/mol. The number of nitrogens with zero attached hydrogens (tertiary/aromatic N) is 1. The second-order valence-corrected chi connectivity index (χ2v) is 13.3. The number of anilines is 3. The Morgan fingerprint density at radius 3 is 1.63 bits per heavy atom. The zero-order valence-corrected chi connectivity index (χ0v) is 28.4. The van der Waals surface area contributed by atoms with E-state index in [0.29, 0.717) is 0 Å². The van der Waals surface area contributed by atoms with Crippen LogP contribution >= 0.6 is 0 Å². The molecule has 244 valence electrons. The van der Waals surface area contributed by atoms with Crippen molar-refractivity contribution >= 4 is 60.5 Å². The number of fused-ring (bicyclic) bond motifs is 5. The molecule has 0 aliphatic carbocycles. The van der Waals surface area contributed by atoms with E-state index in [9.17, 15) is 0 Å². The maximum Gasteiger partial charge on any atom is 0.143 e. The van der Waals surface area contributed by atoms with Crippen molar-refractivity contribution in [3.8, 4) is 33.4 Å². The molecule has 0 saturated heterocycles. The molecule has 10 rings (SSSR count). The number of benzene rings is 9. The molecule has 0 spiro atoms. The topological polar surface area (TPSA) is 16.4 Å². The van der Waals surface area contributed by atoms with Gasteiger partial charge in [-0.05, 0) is 80.2 Å². The van der Waals surface area contributed by atoms with Crippen LogP contribution in [0.15, 0.2) is 205 Å². The van der Waals surface area contributed by atoms with Gasteiger partial charge in [-0.2, -0.15) is 0 Å². The van der Waals surface area contributed by atoms with Crippen molar-refractivity contribution in [3.63, 3.8) is 0 Å². The maximum atomic E-state index is 6.58. The van der Waals surface area contributed by atoms with Crippen molar-refractivity contribution in [1.82, 2.24) is 0 Å². The molecular formula is C50H33NO. The van der Waals surface area contributed by atoms with E-state index in [1.807, 2.05) is 12.1 Å². The molecule has 0 amide bonds. The fourth-order valence-corrected chi connectivity index (χ4v) is 7.84. The Hall–Kier alpha value is -6.90. The summed E-state index contributed by atoms with van der Waals surface area (Å²) in [5.41, 5.74) is 12.0. The summed E-state index contributed by atoms with van der Waals surface area (Å²) in [6, 6.07) is 71.7. The van der Waals surface area contributed by atoms with Crippen LogP contribution in [0.1, 0.15) is 0 Å². The van der Waals surface area contributed by atoms with E-state index < -0.39 is 0 Å². The van der Waals surface area contributed by atoms with Gasteiger partial charge >= 0.3 is 0 Å². The van der Waals surface area contributed by atoms with Gasteiger partial charge in [0.1, 0.15) is 11.2 Å². The summed E-state index contributed by atoms with van der Waals surface area (Å²) in [4.78, 5) is 2.39. The molecule has 10 aromatic rings. The van der Waals surface area contributed by atoms with Gasteiger partial charge in [0.15, 0.2) is 0 Å². The van der Waals surface area contributed by atoms with Gasteiger partial charge in [0.05, 0.1) is 5.69 Å². The fraction of sp³-hybridized carbons (Fsp3) is 0. The lowest BCUT2D eigenvalue weighted by Gasteiger charge is -2.28. The van der Waals surface area contributed by atoms with E-state index in [2.05, 4.69) is 193 Å². The first kappa shape index (κ1) is 30.0. The fourth-order valence-electron chi connectivity index (χ4n) is 7.84. The van der Waals surface area contributed by atoms with Crippen LogP contribution in [0, 0.1) is 0 Å². The maximum absolute atomic E-state index is 6.58. The van der Waals surface area contributed by atoms with Crippen LogP contribution in [-0.2, 0) is 0 Å². The zero-order valence-electron chi connectivity index (χ0n) is 28.4. The zero-order chi connectivity index (χ0) is 34.4. The van der Waals surface area contributed by atoms with E-state index in [1.54, 1.807) is 0 Å². The summed E-state index contributed by atoms with van der Waals surface area (Å²) >= 11 is 0. The summed E-state index contributed by atoms with van der Waals surface area (Å²) < 4.78 is 6.58. The van der Waals surface area contributed by atoms with Crippen LogP contribution in [0.2, 0.25) is 0 Å². The van der Waals surface area contributed by atoms with Gasteiger partial charge in [0.25, 0.3) is 0 Å². The van der Waals surface area contributed by atoms with Gasteiger partial charge in [0, 0.05) is 33.3 Å². The van der Waals surface area contributed by atoms with Crippen LogP contribution in [0.25, 0.3) is 76.9 Å². The number of hydrogen-bond acceptors (Lipinski definition) is 2. The third kappa shape index (κ3) is 5.04. The molecule has 52 heavy (non-hydrogen) atoms. The van der Waals surface area contributed by atoms with E-state index in [1.165, 1.54) is 43.8 Å². The van der Waals surface area contributed by atoms with Gasteiger partial charge in [-0.25, -0.2) is 0 Å². The number of rotatable bonds is 6. The molecule has 9 aromatic carbocycles. The molecule has 0 N–H and O–H groups in total. The van der Waals surface area contributed by atoms with Gasteiger partial charge in [0.2, 0.25) is 0 Å². The Bertz CT molecular complexity index is 2910. The van der Waals surface area contributed by atoms with Crippen LogP contribution in [0.3, 0.4) is 0 Å². The summed E-state index contributed by atoms with van der Waals surface area (Å²) in [5, 5.41) is 7.21. The number of hydrogen-bond donors (Lipinski definition) is 0. The average Bonchev–Trinajstić information content (AvgIpc) is 3.60. The first-order valence-corrected chi connectivity index (χ1v) is 17.8. The lowest BCUT2D eigenvalue weighted by Crippen LogP contribution is -2.11.